The lowest BCUT2D eigenvalue weighted by Gasteiger charge is -2.25. The third-order valence-electron chi connectivity index (χ3n) is 2.01. The molecule has 0 amide bonds. The first kappa shape index (κ1) is 21.3. The second-order valence-corrected chi connectivity index (χ2v) is 32.1. The van der Waals surface area contributed by atoms with Crippen LogP contribution in [0.4, 0.5) is 0 Å². The van der Waals surface area contributed by atoms with Crippen LogP contribution in [0.25, 0.3) is 0 Å². The van der Waals surface area contributed by atoms with E-state index in [1.54, 1.807) is 11.8 Å². The lowest BCUT2D eigenvalue weighted by molar-refractivity contribution is 1.11. The maximum atomic E-state index is 3.17. The fourth-order valence-electron chi connectivity index (χ4n) is 1.02. The first-order valence-corrected chi connectivity index (χ1v) is 22.5. The Bertz CT molecular complexity index is 185. The summed E-state index contributed by atoms with van der Waals surface area (Å²) in [4.78, 5) is 0. The summed E-state index contributed by atoms with van der Waals surface area (Å²) in [5, 5.41) is 0. The van der Waals surface area contributed by atoms with Gasteiger partial charge in [-0.2, -0.15) is 0 Å². The van der Waals surface area contributed by atoms with Gasteiger partial charge in [0, 0.05) is 0 Å². The highest BCUT2D eigenvalue weighted by Gasteiger charge is 2.16. The maximum Gasteiger partial charge on any atom is -0.00357 e. The first-order chi connectivity index (χ1) is 7.86. The molecule has 17 heavy (non-hydrogen) atoms. The van der Waals surface area contributed by atoms with E-state index >= 15 is 0 Å². The third kappa shape index (κ3) is 12.5. The molecule has 0 aromatic heterocycles. The van der Waals surface area contributed by atoms with E-state index in [1.807, 2.05) is 0 Å². The molecule has 0 bridgehead atoms. The summed E-state index contributed by atoms with van der Waals surface area (Å²) >= 11 is 0. The summed E-state index contributed by atoms with van der Waals surface area (Å²) in [7, 11) is 15.4. The highest BCUT2D eigenvalue weighted by atomic mass is 32.7. The zero-order valence-electron chi connectivity index (χ0n) is 10.8. The lowest BCUT2D eigenvalue weighted by atomic mass is 10.6. The van der Waals surface area contributed by atoms with Crippen molar-refractivity contribution in [1.29, 1.82) is 0 Å². The lowest BCUT2D eigenvalue weighted by Crippen LogP contribution is -1.86. The Morgan fingerprint density at radius 3 is 2.12 bits per heavy atom. The van der Waals surface area contributed by atoms with Gasteiger partial charge in [-0.15, -0.1) is 44.3 Å². The Labute approximate surface area is 125 Å². The molecule has 0 N–H and O–H groups in total. The molecule has 0 saturated carbocycles. The third-order valence-corrected chi connectivity index (χ3v) is 32.8. The molecule has 0 rings (SSSR count). The van der Waals surface area contributed by atoms with E-state index in [0.717, 1.165) is 13.6 Å². The molecule has 0 heterocycles. The van der Waals surface area contributed by atoms with E-state index in [9.17, 15) is 0 Å². The second-order valence-electron chi connectivity index (χ2n) is 4.10. The van der Waals surface area contributed by atoms with Gasteiger partial charge in [-0.25, -0.2) is 0 Å². The fraction of sp³-hybridized carbons (Fsp3) is 1.00. The van der Waals surface area contributed by atoms with Crippen LogP contribution >= 0.6 is 82.1 Å². The van der Waals surface area contributed by atoms with E-state index in [-0.39, 0.29) is 22.2 Å². The number of hydrogen-bond acceptors (Lipinski definition) is 0. The van der Waals surface area contributed by atoms with Crippen LogP contribution in [-0.4, -0.2) is 30.0 Å². The zero-order valence-corrected chi connectivity index (χ0v) is 21.0. The van der Waals surface area contributed by atoms with Gasteiger partial charge in [0.2, 0.25) is 0 Å². The zero-order chi connectivity index (χ0) is 13.4. The molecule has 0 aromatic rings. The van der Waals surface area contributed by atoms with Gasteiger partial charge in [0.25, 0.3) is 0 Å². The van der Waals surface area contributed by atoms with Gasteiger partial charge in [-0.1, -0.05) is 44.6 Å². The van der Waals surface area contributed by atoms with Gasteiger partial charge in [-0.05, 0) is 37.0 Å². The predicted molar refractivity (Wildman–Crippen MR) is 119 cm³/mol. The van der Waals surface area contributed by atoms with Crippen molar-refractivity contribution in [3.05, 3.63) is 0 Å². The van der Waals surface area contributed by atoms with Crippen molar-refractivity contribution < 1.29 is 0 Å². The first-order valence-electron chi connectivity index (χ1n) is 5.31. The molecular weight excluding hydrogens is 394 g/mol. The van der Waals surface area contributed by atoms with E-state index in [1.165, 1.54) is 14.5 Å². The molecule has 0 aliphatic carbocycles. The molecule has 0 aliphatic heterocycles. The van der Waals surface area contributed by atoms with Crippen molar-refractivity contribution in [2.45, 2.75) is 19.5 Å². The maximum absolute atomic E-state index is 3.17. The van der Waals surface area contributed by atoms with Crippen LogP contribution in [0.1, 0.15) is 13.8 Å². The molecule has 9 unspecified atom stereocenters. The van der Waals surface area contributed by atoms with Gasteiger partial charge < -0.3 is 0 Å². The van der Waals surface area contributed by atoms with Crippen molar-refractivity contribution in [2.75, 3.05) is 24.4 Å². The predicted octanol–water partition coefficient (Wildman–Crippen LogP) is 7.17. The highest BCUT2D eigenvalue weighted by molar-refractivity contribution is 8.73. The van der Waals surface area contributed by atoms with Crippen LogP contribution in [-0.2, 0) is 0 Å². The van der Waals surface area contributed by atoms with Crippen LogP contribution in [0.2, 0.25) is 0 Å². The van der Waals surface area contributed by atoms with E-state index in [2.05, 4.69) is 56.2 Å². The summed E-state index contributed by atoms with van der Waals surface area (Å²) in [6.07, 6.45) is 0. The summed E-state index contributed by atoms with van der Waals surface area (Å²) < 4.78 is 0. The van der Waals surface area contributed by atoms with Crippen molar-refractivity contribution >= 4 is 82.1 Å². The molecule has 0 saturated heterocycles. The summed E-state index contributed by atoms with van der Waals surface area (Å²) in [5.74, 6) is 4.58. The Morgan fingerprint density at radius 2 is 1.71 bits per heavy atom. The van der Waals surface area contributed by atoms with Crippen LogP contribution in [0.15, 0.2) is 0 Å². The molecule has 0 nitrogen and oxygen atoms in total. The normalized spacial score (nSPS) is 18.9. The molecule has 0 aromatic carbocycles. The summed E-state index contributed by atoms with van der Waals surface area (Å²) in [6, 6.07) is 0. The number of hydrogen-bond donors (Lipinski definition) is 0. The molecule has 0 fully saturated rings. The molecule has 0 aliphatic rings. The van der Waals surface area contributed by atoms with E-state index in [4.69, 9.17) is 0 Å². The average Bonchev–Trinajstić information content (AvgIpc) is 2.25. The Kier molecular flexibility index (Phi) is 16.0. The minimum Gasteiger partial charge on any atom is -0.115 e. The van der Waals surface area contributed by atoms with Gasteiger partial charge >= 0.3 is 0 Å². The standard InChI is InChI=1S/C7H26P10/c1-7(2)12-4-15(9)6-16(13-8)5-14(3)17(10)11/h7,12-13H,4-6,8-11H2,1-3H3. The quantitative estimate of drug-likeness (QED) is 0.347. The van der Waals surface area contributed by atoms with E-state index < -0.39 is 0 Å². The molecule has 9 atom stereocenters. The Balaban J connectivity index is 3.94. The van der Waals surface area contributed by atoms with E-state index in [0.29, 0.717) is 7.61 Å². The van der Waals surface area contributed by atoms with Crippen molar-refractivity contribution in [3.63, 3.8) is 0 Å². The average molecular weight is 420 g/mol. The summed E-state index contributed by atoms with van der Waals surface area (Å²) in [5.41, 5.74) is 0.903. The minimum absolute atomic E-state index is 0.169. The van der Waals surface area contributed by atoms with Gasteiger partial charge in [0.15, 0.2) is 0 Å². The number of rotatable bonds is 9. The van der Waals surface area contributed by atoms with Crippen molar-refractivity contribution in [3.8, 4) is 0 Å². The SMILES string of the molecule is CC(C)PCP(P)CP(CP(C)P(P)P)PP. The largest absolute Gasteiger partial charge is 0.115 e. The van der Waals surface area contributed by atoms with Crippen LogP contribution in [0.3, 0.4) is 0 Å². The van der Waals surface area contributed by atoms with Crippen molar-refractivity contribution in [2.24, 2.45) is 0 Å². The van der Waals surface area contributed by atoms with Crippen molar-refractivity contribution in [1.82, 2.24) is 0 Å². The molecular formula is C7H26P10. The van der Waals surface area contributed by atoms with Crippen LogP contribution in [0, 0.1) is 0 Å². The van der Waals surface area contributed by atoms with Gasteiger partial charge in [0.1, 0.15) is 0 Å². The molecule has 0 spiro atoms. The monoisotopic (exact) mass is 420 g/mol. The topological polar surface area (TPSA) is 0 Å². The molecule has 104 valence electrons. The Morgan fingerprint density at radius 1 is 1.12 bits per heavy atom. The van der Waals surface area contributed by atoms with Gasteiger partial charge in [0.05, 0.1) is 0 Å². The minimum atomic E-state index is 0.169. The van der Waals surface area contributed by atoms with Crippen LogP contribution < -0.4 is 0 Å². The molecule has 10 heteroatoms. The van der Waals surface area contributed by atoms with Crippen LogP contribution in [0.5, 0.6) is 0 Å². The highest BCUT2D eigenvalue weighted by Crippen LogP contribution is 2.83. The van der Waals surface area contributed by atoms with Gasteiger partial charge in [-0.3, -0.25) is 0 Å². The summed E-state index contributed by atoms with van der Waals surface area (Å²) in [6.45, 7) is 7.37. The smallest absolute Gasteiger partial charge is 0.00357 e. The fourth-order valence-corrected chi connectivity index (χ4v) is 32.2. The second kappa shape index (κ2) is 12.8. The Hall–Kier alpha value is 4.30. The molecule has 0 radical (unpaired) electrons.